The Balaban J connectivity index is 1.63. The number of rotatable bonds is 4. The third-order valence-corrected chi connectivity index (χ3v) is 4.31. The molecule has 4 heteroatoms. The van der Waals surface area contributed by atoms with Crippen LogP contribution in [0.2, 0.25) is 5.02 Å². The van der Waals surface area contributed by atoms with E-state index in [-0.39, 0.29) is 5.91 Å². The lowest BCUT2D eigenvalue weighted by molar-refractivity contribution is 0.0796. The highest BCUT2D eigenvalue weighted by Gasteiger charge is 2.16. The Bertz CT molecular complexity index is 682. The quantitative estimate of drug-likeness (QED) is 0.934. The Kier molecular flexibility index (Phi) is 4.34. The molecule has 0 saturated heterocycles. The van der Waals surface area contributed by atoms with Crippen LogP contribution in [0.3, 0.4) is 0 Å². The molecule has 0 spiro atoms. The van der Waals surface area contributed by atoms with E-state index in [9.17, 15) is 4.79 Å². The maximum atomic E-state index is 12.5. The third kappa shape index (κ3) is 3.25. The van der Waals surface area contributed by atoms with Gasteiger partial charge in [-0.2, -0.15) is 0 Å². The molecule has 0 radical (unpaired) electrons. The minimum Gasteiger partial charge on any atom is -0.384 e. The maximum Gasteiger partial charge on any atom is 0.253 e. The van der Waals surface area contributed by atoms with E-state index in [1.54, 1.807) is 4.90 Å². The number of anilines is 1. The molecule has 1 N–H and O–H groups in total. The summed E-state index contributed by atoms with van der Waals surface area (Å²) in [5.74, 6) is 0.0728. The lowest BCUT2D eigenvalue weighted by Gasteiger charge is -2.17. The number of nitrogens with zero attached hydrogens (tertiary/aromatic N) is 1. The summed E-state index contributed by atoms with van der Waals surface area (Å²) in [6.07, 6.45) is 1.82. The van der Waals surface area contributed by atoms with Gasteiger partial charge < -0.3 is 10.2 Å². The molecule has 0 fully saturated rings. The molecule has 3 rings (SSSR count). The van der Waals surface area contributed by atoms with Crippen molar-refractivity contribution >= 4 is 23.2 Å². The summed E-state index contributed by atoms with van der Waals surface area (Å²) in [6, 6.07) is 13.7. The standard InChI is InChI=1S/C18H19ClN2O/c1-21(11-9-13-2-5-16(19)6-3-13)18(22)15-4-7-17-14(12-15)8-10-20-17/h2-7,12,20H,8-11H2,1H3. The Labute approximate surface area is 135 Å². The number of carbonyl (C=O) groups excluding carboxylic acids is 1. The minimum absolute atomic E-state index is 0.0728. The van der Waals surface area contributed by atoms with Crippen LogP contribution in [0.25, 0.3) is 0 Å². The number of hydrogen-bond acceptors (Lipinski definition) is 2. The molecule has 114 valence electrons. The van der Waals surface area contributed by atoms with E-state index in [1.807, 2.05) is 49.5 Å². The molecule has 2 aromatic rings. The summed E-state index contributed by atoms with van der Waals surface area (Å²) in [5.41, 5.74) is 4.33. The van der Waals surface area contributed by atoms with Gasteiger partial charge in [0.05, 0.1) is 0 Å². The summed E-state index contributed by atoms with van der Waals surface area (Å²) in [6.45, 7) is 1.65. The lowest BCUT2D eigenvalue weighted by Crippen LogP contribution is -2.28. The molecule has 0 unspecified atom stereocenters. The molecular formula is C18H19ClN2O. The molecule has 1 aliphatic heterocycles. The number of benzene rings is 2. The summed E-state index contributed by atoms with van der Waals surface area (Å²) in [7, 11) is 1.85. The predicted molar refractivity (Wildman–Crippen MR) is 90.8 cm³/mol. The van der Waals surface area contributed by atoms with Gasteiger partial charge in [0.2, 0.25) is 0 Å². The zero-order valence-corrected chi connectivity index (χ0v) is 13.4. The van der Waals surface area contributed by atoms with Gasteiger partial charge in [-0.15, -0.1) is 0 Å². The number of halogens is 1. The van der Waals surface area contributed by atoms with Gasteiger partial charge in [-0.05, 0) is 54.3 Å². The summed E-state index contributed by atoms with van der Waals surface area (Å²) in [5, 5.41) is 4.05. The average Bonchev–Trinajstić information content (AvgIpc) is 3.00. The van der Waals surface area contributed by atoms with Gasteiger partial charge in [0, 0.05) is 36.4 Å². The van der Waals surface area contributed by atoms with Crippen LogP contribution in [0.1, 0.15) is 21.5 Å². The number of nitrogens with one attached hydrogen (secondary N) is 1. The Hall–Kier alpha value is -2.00. The number of likely N-dealkylation sites (N-methyl/N-ethyl adjacent to an activating group) is 1. The third-order valence-electron chi connectivity index (χ3n) is 4.06. The number of hydrogen-bond donors (Lipinski definition) is 1. The van der Waals surface area contributed by atoms with Crippen LogP contribution in [0.15, 0.2) is 42.5 Å². The molecule has 0 aliphatic carbocycles. The van der Waals surface area contributed by atoms with Crippen molar-refractivity contribution in [2.75, 3.05) is 25.5 Å². The Morgan fingerprint density at radius 3 is 2.77 bits per heavy atom. The van der Waals surface area contributed by atoms with E-state index in [2.05, 4.69) is 5.32 Å². The van der Waals surface area contributed by atoms with Crippen LogP contribution in [0.4, 0.5) is 5.69 Å². The van der Waals surface area contributed by atoms with Crippen LogP contribution in [0, 0.1) is 0 Å². The topological polar surface area (TPSA) is 32.3 Å². The molecule has 1 aliphatic rings. The second-order valence-corrected chi connectivity index (χ2v) is 6.09. The van der Waals surface area contributed by atoms with E-state index in [4.69, 9.17) is 11.6 Å². The van der Waals surface area contributed by atoms with Gasteiger partial charge >= 0.3 is 0 Å². The van der Waals surface area contributed by atoms with Crippen molar-refractivity contribution < 1.29 is 4.79 Å². The van der Waals surface area contributed by atoms with Crippen molar-refractivity contribution in [2.45, 2.75) is 12.8 Å². The van der Waals surface area contributed by atoms with Crippen molar-refractivity contribution in [1.29, 1.82) is 0 Å². The largest absolute Gasteiger partial charge is 0.384 e. The average molecular weight is 315 g/mol. The first kappa shape index (κ1) is 14.9. The smallest absolute Gasteiger partial charge is 0.253 e. The molecule has 2 aromatic carbocycles. The minimum atomic E-state index is 0.0728. The number of amides is 1. The zero-order chi connectivity index (χ0) is 15.5. The van der Waals surface area contributed by atoms with Gasteiger partial charge in [-0.1, -0.05) is 23.7 Å². The SMILES string of the molecule is CN(CCc1ccc(Cl)cc1)C(=O)c1ccc2c(c1)CCN2. The van der Waals surface area contributed by atoms with E-state index >= 15 is 0 Å². The number of carbonyl (C=O) groups is 1. The first-order valence-electron chi connectivity index (χ1n) is 7.50. The Morgan fingerprint density at radius 1 is 1.23 bits per heavy atom. The summed E-state index contributed by atoms with van der Waals surface area (Å²) < 4.78 is 0. The molecule has 3 nitrogen and oxygen atoms in total. The normalized spacial score (nSPS) is 12.6. The fourth-order valence-corrected chi connectivity index (χ4v) is 2.83. The molecule has 22 heavy (non-hydrogen) atoms. The van der Waals surface area contributed by atoms with E-state index in [0.29, 0.717) is 6.54 Å². The van der Waals surface area contributed by atoms with Crippen LogP contribution in [-0.4, -0.2) is 30.9 Å². The molecule has 1 heterocycles. The summed E-state index contributed by atoms with van der Waals surface area (Å²) >= 11 is 5.88. The zero-order valence-electron chi connectivity index (χ0n) is 12.6. The number of fused-ring (bicyclic) bond motifs is 1. The van der Waals surface area contributed by atoms with Gasteiger partial charge in [0.1, 0.15) is 0 Å². The monoisotopic (exact) mass is 314 g/mol. The summed E-state index contributed by atoms with van der Waals surface area (Å²) in [4.78, 5) is 14.3. The van der Waals surface area contributed by atoms with Crippen molar-refractivity contribution in [3.63, 3.8) is 0 Å². The van der Waals surface area contributed by atoms with Crippen molar-refractivity contribution in [1.82, 2.24) is 4.90 Å². The van der Waals surface area contributed by atoms with Gasteiger partial charge in [0.25, 0.3) is 5.91 Å². The van der Waals surface area contributed by atoms with Crippen molar-refractivity contribution in [3.05, 3.63) is 64.2 Å². The first-order chi connectivity index (χ1) is 10.6. The molecule has 1 amide bonds. The molecular weight excluding hydrogens is 296 g/mol. The molecule has 0 atom stereocenters. The van der Waals surface area contributed by atoms with Gasteiger partial charge in [0.15, 0.2) is 0 Å². The van der Waals surface area contributed by atoms with Crippen LogP contribution in [0.5, 0.6) is 0 Å². The van der Waals surface area contributed by atoms with Gasteiger partial charge in [-0.3, -0.25) is 4.79 Å². The second kappa shape index (κ2) is 6.41. The highest BCUT2D eigenvalue weighted by Crippen LogP contribution is 2.23. The van der Waals surface area contributed by atoms with Crippen LogP contribution >= 0.6 is 11.6 Å². The van der Waals surface area contributed by atoms with Crippen molar-refractivity contribution in [2.24, 2.45) is 0 Å². The van der Waals surface area contributed by atoms with E-state index < -0.39 is 0 Å². The van der Waals surface area contributed by atoms with Crippen LogP contribution in [-0.2, 0) is 12.8 Å². The van der Waals surface area contributed by atoms with Gasteiger partial charge in [-0.25, -0.2) is 0 Å². The second-order valence-electron chi connectivity index (χ2n) is 5.65. The van der Waals surface area contributed by atoms with Crippen LogP contribution < -0.4 is 5.32 Å². The highest BCUT2D eigenvalue weighted by atomic mass is 35.5. The first-order valence-corrected chi connectivity index (χ1v) is 7.88. The van der Waals surface area contributed by atoms with Crippen molar-refractivity contribution in [3.8, 4) is 0 Å². The fraction of sp³-hybridized carbons (Fsp3) is 0.278. The molecule has 0 saturated carbocycles. The maximum absolute atomic E-state index is 12.5. The lowest BCUT2D eigenvalue weighted by atomic mass is 10.1. The van der Waals surface area contributed by atoms with E-state index in [1.165, 1.54) is 11.1 Å². The molecule has 0 bridgehead atoms. The fourth-order valence-electron chi connectivity index (χ4n) is 2.71. The van der Waals surface area contributed by atoms with E-state index in [0.717, 1.165) is 35.7 Å². The molecule has 0 aromatic heterocycles. The predicted octanol–water partition coefficient (Wildman–Crippen LogP) is 3.62. The Morgan fingerprint density at radius 2 is 2.00 bits per heavy atom. The highest BCUT2D eigenvalue weighted by molar-refractivity contribution is 6.30.